The van der Waals surface area contributed by atoms with Gasteiger partial charge in [0.1, 0.15) is 6.54 Å². The molecular weight excluding hydrogens is 216 g/mol. The fourth-order valence-corrected chi connectivity index (χ4v) is 1.56. The molecule has 5 heteroatoms. The van der Waals surface area contributed by atoms with Crippen molar-refractivity contribution in [1.82, 2.24) is 20.3 Å². The van der Waals surface area contributed by atoms with Gasteiger partial charge in [0.25, 0.3) is 0 Å². The van der Waals surface area contributed by atoms with Crippen LogP contribution in [0, 0.1) is 5.92 Å². The SMILES string of the molecule is CC(C)CNCc1cc(Cn2cccn2)on1. The van der Waals surface area contributed by atoms with Crippen molar-refractivity contribution < 1.29 is 4.52 Å². The Morgan fingerprint density at radius 2 is 2.35 bits per heavy atom. The summed E-state index contributed by atoms with van der Waals surface area (Å²) in [5.41, 5.74) is 0.938. The van der Waals surface area contributed by atoms with Gasteiger partial charge in [-0.15, -0.1) is 0 Å². The second kappa shape index (κ2) is 5.63. The lowest BCUT2D eigenvalue weighted by molar-refractivity contribution is 0.364. The minimum absolute atomic E-state index is 0.629. The van der Waals surface area contributed by atoms with Crippen molar-refractivity contribution >= 4 is 0 Å². The van der Waals surface area contributed by atoms with E-state index in [1.165, 1.54) is 0 Å². The normalized spacial score (nSPS) is 11.2. The number of hydrogen-bond donors (Lipinski definition) is 1. The maximum Gasteiger partial charge on any atom is 0.158 e. The molecule has 0 amide bonds. The Bertz CT molecular complexity index is 433. The Labute approximate surface area is 101 Å². The maximum absolute atomic E-state index is 5.24. The highest BCUT2D eigenvalue weighted by molar-refractivity contribution is 5.05. The quantitative estimate of drug-likeness (QED) is 0.826. The van der Waals surface area contributed by atoms with E-state index < -0.39 is 0 Å². The Hall–Kier alpha value is -1.62. The molecule has 0 aromatic carbocycles. The first-order valence-electron chi connectivity index (χ1n) is 5.86. The average Bonchev–Trinajstić information content (AvgIpc) is 2.90. The van der Waals surface area contributed by atoms with Gasteiger partial charge in [0.05, 0.1) is 5.69 Å². The van der Waals surface area contributed by atoms with Crippen molar-refractivity contribution in [2.45, 2.75) is 26.9 Å². The molecule has 0 unspecified atom stereocenters. The van der Waals surface area contributed by atoms with Crippen LogP contribution in [0.1, 0.15) is 25.3 Å². The fourth-order valence-electron chi connectivity index (χ4n) is 1.56. The predicted octanol–water partition coefficient (Wildman–Crippen LogP) is 1.67. The van der Waals surface area contributed by atoms with E-state index in [-0.39, 0.29) is 0 Å². The van der Waals surface area contributed by atoms with Crippen LogP contribution in [-0.4, -0.2) is 21.5 Å². The standard InChI is InChI=1S/C12H18N4O/c1-10(2)7-13-8-11-6-12(17-15-11)9-16-5-3-4-14-16/h3-6,10,13H,7-9H2,1-2H3. The Kier molecular flexibility index (Phi) is 3.93. The first kappa shape index (κ1) is 11.9. The lowest BCUT2D eigenvalue weighted by Crippen LogP contribution is -2.19. The molecule has 0 radical (unpaired) electrons. The van der Waals surface area contributed by atoms with Crippen LogP contribution >= 0.6 is 0 Å². The second-order valence-corrected chi connectivity index (χ2v) is 4.51. The van der Waals surface area contributed by atoms with Crippen LogP contribution in [0.4, 0.5) is 0 Å². The molecule has 0 aliphatic carbocycles. The van der Waals surface area contributed by atoms with E-state index in [0.29, 0.717) is 12.5 Å². The summed E-state index contributed by atoms with van der Waals surface area (Å²) >= 11 is 0. The largest absolute Gasteiger partial charge is 0.359 e. The van der Waals surface area contributed by atoms with Crippen molar-refractivity contribution in [3.8, 4) is 0 Å². The molecule has 92 valence electrons. The highest BCUT2D eigenvalue weighted by Gasteiger charge is 2.05. The van der Waals surface area contributed by atoms with Gasteiger partial charge in [-0.3, -0.25) is 4.68 Å². The molecular formula is C12H18N4O. The van der Waals surface area contributed by atoms with E-state index in [1.807, 2.05) is 23.0 Å². The number of nitrogens with zero attached hydrogens (tertiary/aromatic N) is 3. The Morgan fingerprint density at radius 3 is 3.06 bits per heavy atom. The zero-order chi connectivity index (χ0) is 12.1. The summed E-state index contributed by atoms with van der Waals surface area (Å²) in [6.45, 7) is 6.73. The third-order valence-corrected chi connectivity index (χ3v) is 2.34. The van der Waals surface area contributed by atoms with Crippen molar-refractivity contribution in [2.24, 2.45) is 5.92 Å². The molecule has 2 aromatic rings. The molecule has 0 bridgehead atoms. The van der Waals surface area contributed by atoms with Gasteiger partial charge in [-0.1, -0.05) is 19.0 Å². The van der Waals surface area contributed by atoms with Gasteiger partial charge in [0, 0.05) is 25.0 Å². The van der Waals surface area contributed by atoms with Crippen LogP contribution in [-0.2, 0) is 13.1 Å². The lowest BCUT2D eigenvalue weighted by Gasteiger charge is -2.04. The zero-order valence-corrected chi connectivity index (χ0v) is 10.3. The highest BCUT2D eigenvalue weighted by Crippen LogP contribution is 2.05. The average molecular weight is 234 g/mol. The summed E-state index contributed by atoms with van der Waals surface area (Å²) in [5, 5.41) is 11.5. The van der Waals surface area contributed by atoms with Crippen LogP contribution in [0.3, 0.4) is 0 Å². The molecule has 0 aliphatic rings. The van der Waals surface area contributed by atoms with Gasteiger partial charge in [-0.25, -0.2) is 0 Å². The molecule has 2 heterocycles. The third-order valence-electron chi connectivity index (χ3n) is 2.34. The van der Waals surface area contributed by atoms with Crippen molar-refractivity contribution in [3.05, 3.63) is 36.0 Å². The summed E-state index contributed by atoms with van der Waals surface area (Å²) in [4.78, 5) is 0. The van der Waals surface area contributed by atoms with Crippen molar-refractivity contribution in [1.29, 1.82) is 0 Å². The van der Waals surface area contributed by atoms with Crippen LogP contribution in [0.15, 0.2) is 29.0 Å². The van der Waals surface area contributed by atoms with E-state index in [0.717, 1.165) is 24.5 Å². The molecule has 17 heavy (non-hydrogen) atoms. The van der Waals surface area contributed by atoms with E-state index in [2.05, 4.69) is 29.4 Å². The van der Waals surface area contributed by atoms with Crippen LogP contribution in [0.5, 0.6) is 0 Å². The van der Waals surface area contributed by atoms with E-state index in [4.69, 9.17) is 4.52 Å². The number of nitrogens with one attached hydrogen (secondary N) is 1. The summed E-state index contributed by atoms with van der Waals surface area (Å²) in [6.07, 6.45) is 3.65. The van der Waals surface area contributed by atoms with Crippen LogP contribution in [0.2, 0.25) is 0 Å². The van der Waals surface area contributed by atoms with Gasteiger partial charge < -0.3 is 9.84 Å². The summed E-state index contributed by atoms with van der Waals surface area (Å²) in [7, 11) is 0. The van der Waals surface area contributed by atoms with Gasteiger partial charge >= 0.3 is 0 Å². The van der Waals surface area contributed by atoms with Gasteiger partial charge in [0.2, 0.25) is 0 Å². The topological polar surface area (TPSA) is 55.9 Å². The highest BCUT2D eigenvalue weighted by atomic mass is 16.5. The number of rotatable bonds is 6. The first-order chi connectivity index (χ1) is 8.24. The Morgan fingerprint density at radius 1 is 1.47 bits per heavy atom. The molecule has 0 spiro atoms. The number of hydrogen-bond acceptors (Lipinski definition) is 4. The zero-order valence-electron chi connectivity index (χ0n) is 10.3. The summed E-state index contributed by atoms with van der Waals surface area (Å²) in [5.74, 6) is 1.47. The first-order valence-corrected chi connectivity index (χ1v) is 5.86. The molecule has 0 saturated heterocycles. The lowest BCUT2D eigenvalue weighted by atomic mass is 10.2. The molecule has 1 N–H and O–H groups in total. The van der Waals surface area contributed by atoms with Crippen LogP contribution < -0.4 is 5.32 Å². The molecule has 0 aliphatic heterocycles. The summed E-state index contributed by atoms with van der Waals surface area (Å²) < 4.78 is 7.06. The fraction of sp³-hybridized carbons (Fsp3) is 0.500. The van der Waals surface area contributed by atoms with Gasteiger partial charge in [-0.05, 0) is 18.5 Å². The molecule has 0 saturated carbocycles. The molecule has 0 atom stereocenters. The monoisotopic (exact) mass is 234 g/mol. The third kappa shape index (κ3) is 3.71. The second-order valence-electron chi connectivity index (χ2n) is 4.51. The molecule has 2 aromatic heterocycles. The van der Waals surface area contributed by atoms with Gasteiger partial charge in [-0.2, -0.15) is 5.10 Å². The molecule has 2 rings (SSSR count). The predicted molar refractivity (Wildman–Crippen MR) is 64.4 cm³/mol. The minimum Gasteiger partial charge on any atom is -0.359 e. The van der Waals surface area contributed by atoms with Gasteiger partial charge in [0.15, 0.2) is 5.76 Å². The van der Waals surface area contributed by atoms with E-state index in [1.54, 1.807) is 6.20 Å². The minimum atomic E-state index is 0.629. The van der Waals surface area contributed by atoms with Crippen LogP contribution in [0.25, 0.3) is 0 Å². The maximum atomic E-state index is 5.24. The summed E-state index contributed by atoms with van der Waals surface area (Å²) in [6, 6.07) is 3.86. The molecule has 5 nitrogen and oxygen atoms in total. The van der Waals surface area contributed by atoms with E-state index >= 15 is 0 Å². The molecule has 0 fully saturated rings. The van der Waals surface area contributed by atoms with E-state index in [9.17, 15) is 0 Å². The van der Waals surface area contributed by atoms with Crippen molar-refractivity contribution in [2.75, 3.05) is 6.54 Å². The smallest absolute Gasteiger partial charge is 0.158 e. The van der Waals surface area contributed by atoms with Crippen molar-refractivity contribution in [3.63, 3.8) is 0 Å². The number of aromatic nitrogens is 3. The Balaban J connectivity index is 1.83.